The van der Waals surface area contributed by atoms with Crippen molar-refractivity contribution in [3.8, 4) is 22.1 Å². The highest BCUT2D eigenvalue weighted by molar-refractivity contribution is 7.13. The fraction of sp³-hybridized carbons (Fsp3) is 0.412. The molecule has 1 aromatic carbocycles. The SMILES string of the molecule is CCCC(C)NC(=O)c1csc(-c2cccc(OC)c2OC)n1. The minimum absolute atomic E-state index is 0.143. The highest BCUT2D eigenvalue weighted by atomic mass is 32.1. The molecule has 0 spiro atoms. The largest absolute Gasteiger partial charge is 0.493 e. The van der Waals surface area contributed by atoms with E-state index in [9.17, 15) is 4.79 Å². The van der Waals surface area contributed by atoms with Gasteiger partial charge in [-0.15, -0.1) is 11.3 Å². The van der Waals surface area contributed by atoms with Gasteiger partial charge in [-0.25, -0.2) is 4.98 Å². The Morgan fingerprint density at radius 1 is 1.35 bits per heavy atom. The van der Waals surface area contributed by atoms with Crippen LogP contribution in [-0.4, -0.2) is 31.2 Å². The first kappa shape index (κ1) is 17.3. The molecule has 1 unspecified atom stereocenters. The molecule has 124 valence electrons. The molecule has 23 heavy (non-hydrogen) atoms. The van der Waals surface area contributed by atoms with Crippen molar-refractivity contribution in [3.63, 3.8) is 0 Å². The van der Waals surface area contributed by atoms with Crippen molar-refractivity contribution in [3.05, 3.63) is 29.3 Å². The first-order valence-corrected chi connectivity index (χ1v) is 8.46. The Morgan fingerprint density at radius 3 is 2.78 bits per heavy atom. The molecule has 1 N–H and O–H groups in total. The molecule has 2 aromatic rings. The molecule has 2 rings (SSSR count). The normalized spacial score (nSPS) is 11.8. The van der Waals surface area contributed by atoms with E-state index in [-0.39, 0.29) is 11.9 Å². The number of rotatable bonds is 7. The van der Waals surface area contributed by atoms with E-state index < -0.39 is 0 Å². The zero-order valence-electron chi connectivity index (χ0n) is 13.9. The summed E-state index contributed by atoms with van der Waals surface area (Å²) in [6.45, 7) is 4.10. The lowest BCUT2D eigenvalue weighted by atomic mass is 10.2. The number of amides is 1. The molecule has 1 amide bonds. The zero-order valence-corrected chi connectivity index (χ0v) is 14.7. The molecule has 1 atom stereocenters. The van der Waals surface area contributed by atoms with Crippen LogP contribution < -0.4 is 14.8 Å². The van der Waals surface area contributed by atoms with Crippen LogP contribution in [0.2, 0.25) is 0 Å². The lowest BCUT2D eigenvalue weighted by Crippen LogP contribution is -2.32. The van der Waals surface area contributed by atoms with Crippen molar-refractivity contribution in [1.29, 1.82) is 0 Å². The van der Waals surface area contributed by atoms with E-state index in [0.717, 1.165) is 23.4 Å². The number of methoxy groups -OCH3 is 2. The molecule has 0 bridgehead atoms. The van der Waals surface area contributed by atoms with E-state index in [4.69, 9.17) is 9.47 Å². The summed E-state index contributed by atoms with van der Waals surface area (Å²) in [5, 5.41) is 5.46. The zero-order chi connectivity index (χ0) is 16.8. The predicted octanol–water partition coefficient (Wildman–Crippen LogP) is 3.75. The second-order valence-corrected chi connectivity index (χ2v) is 6.10. The van der Waals surface area contributed by atoms with Crippen LogP contribution in [0.5, 0.6) is 11.5 Å². The van der Waals surface area contributed by atoms with Crippen LogP contribution in [0, 0.1) is 0 Å². The van der Waals surface area contributed by atoms with Gasteiger partial charge in [0.05, 0.1) is 19.8 Å². The fourth-order valence-corrected chi connectivity index (χ4v) is 3.18. The number of para-hydroxylation sites is 1. The highest BCUT2D eigenvalue weighted by Gasteiger charge is 2.17. The van der Waals surface area contributed by atoms with Crippen LogP contribution in [0.1, 0.15) is 37.2 Å². The summed E-state index contributed by atoms with van der Waals surface area (Å²) < 4.78 is 10.7. The standard InChI is InChI=1S/C17H22N2O3S/c1-5-7-11(2)18-16(20)13-10-23-17(19-13)12-8-6-9-14(21-3)15(12)22-4/h6,8-11H,5,7H2,1-4H3,(H,18,20). The molecular formula is C17H22N2O3S. The van der Waals surface area contributed by atoms with Crippen molar-refractivity contribution < 1.29 is 14.3 Å². The van der Waals surface area contributed by atoms with Gasteiger partial charge in [0.25, 0.3) is 5.91 Å². The molecule has 0 saturated heterocycles. The summed E-state index contributed by atoms with van der Waals surface area (Å²) in [7, 11) is 3.19. The third-order valence-corrected chi connectivity index (χ3v) is 4.34. The molecule has 6 heteroatoms. The maximum Gasteiger partial charge on any atom is 0.270 e. The van der Waals surface area contributed by atoms with E-state index in [1.165, 1.54) is 11.3 Å². The molecule has 0 aliphatic carbocycles. The summed E-state index contributed by atoms with van der Waals surface area (Å²) in [6, 6.07) is 5.75. The average molecular weight is 334 g/mol. The topological polar surface area (TPSA) is 60.5 Å². The number of nitrogens with zero attached hydrogens (tertiary/aromatic N) is 1. The number of ether oxygens (including phenoxy) is 2. The van der Waals surface area contributed by atoms with Gasteiger partial charge in [-0.2, -0.15) is 0 Å². The molecule has 0 radical (unpaired) electrons. The number of carbonyl (C=O) groups excluding carboxylic acids is 1. The van der Waals surface area contributed by atoms with Gasteiger partial charge in [-0.1, -0.05) is 19.4 Å². The molecule has 5 nitrogen and oxygen atoms in total. The second-order valence-electron chi connectivity index (χ2n) is 5.24. The maximum absolute atomic E-state index is 12.2. The summed E-state index contributed by atoms with van der Waals surface area (Å²) in [5.41, 5.74) is 1.25. The number of hydrogen-bond donors (Lipinski definition) is 1. The summed E-state index contributed by atoms with van der Waals surface area (Å²) >= 11 is 1.41. The Hall–Kier alpha value is -2.08. The van der Waals surface area contributed by atoms with Gasteiger partial charge in [0.15, 0.2) is 11.5 Å². The summed E-state index contributed by atoms with van der Waals surface area (Å²) in [4.78, 5) is 16.7. The quantitative estimate of drug-likeness (QED) is 0.838. The van der Waals surface area contributed by atoms with Crippen LogP contribution in [0.4, 0.5) is 0 Å². The minimum Gasteiger partial charge on any atom is -0.493 e. The summed E-state index contributed by atoms with van der Waals surface area (Å²) in [6.07, 6.45) is 1.98. The number of nitrogens with one attached hydrogen (secondary N) is 1. The smallest absolute Gasteiger partial charge is 0.270 e. The number of carbonyl (C=O) groups is 1. The monoisotopic (exact) mass is 334 g/mol. The highest BCUT2D eigenvalue weighted by Crippen LogP contribution is 2.38. The van der Waals surface area contributed by atoms with Gasteiger partial charge in [-0.05, 0) is 25.5 Å². The van der Waals surface area contributed by atoms with Crippen molar-refractivity contribution in [1.82, 2.24) is 10.3 Å². The Bertz CT molecular complexity index is 670. The second kappa shape index (κ2) is 7.97. The minimum atomic E-state index is -0.143. The number of benzene rings is 1. The molecule has 0 aliphatic heterocycles. The van der Waals surface area contributed by atoms with E-state index >= 15 is 0 Å². The van der Waals surface area contributed by atoms with Crippen LogP contribution in [0.25, 0.3) is 10.6 Å². The molecular weight excluding hydrogens is 312 g/mol. The fourth-order valence-electron chi connectivity index (χ4n) is 2.36. The Balaban J connectivity index is 2.24. The molecule has 0 aliphatic rings. The van der Waals surface area contributed by atoms with E-state index in [0.29, 0.717) is 17.2 Å². The van der Waals surface area contributed by atoms with E-state index in [1.54, 1.807) is 19.6 Å². The van der Waals surface area contributed by atoms with Crippen LogP contribution in [-0.2, 0) is 0 Å². The van der Waals surface area contributed by atoms with Gasteiger partial charge in [0, 0.05) is 11.4 Å². The van der Waals surface area contributed by atoms with Gasteiger partial charge >= 0.3 is 0 Å². The number of hydrogen-bond acceptors (Lipinski definition) is 5. The first-order valence-electron chi connectivity index (χ1n) is 7.58. The van der Waals surface area contributed by atoms with E-state index in [1.807, 2.05) is 25.1 Å². The van der Waals surface area contributed by atoms with Crippen LogP contribution in [0.15, 0.2) is 23.6 Å². The van der Waals surface area contributed by atoms with Crippen LogP contribution in [0.3, 0.4) is 0 Å². The van der Waals surface area contributed by atoms with Gasteiger partial charge in [0.2, 0.25) is 0 Å². The summed E-state index contributed by atoms with van der Waals surface area (Å²) in [5.74, 6) is 1.12. The van der Waals surface area contributed by atoms with Crippen molar-refractivity contribution in [2.45, 2.75) is 32.7 Å². The molecule has 0 fully saturated rings. The predicted molar refractivity (Wildman–Crippen MR) is 92.5 cm³/mol. The lowest BCUT2D eigenvalue weighted by molar-refractivity contribution is 0.0934. The van der Waals surface area contributed by atoms with Gasteiger partial charge in [0.1, 0.15) is 10.7 Å². The van der Waals surface area contributed by atoms with E-state index in [2.05, 4.69) is 17.2 Å². The first-order chi connectivity index (χ1) is 11.1. The number of aromatic nitrogens is 1. The Kier molecular flexibility index (Phi) is 5.98. The molecule has 0 saturated carbocycles. The average Bonchev–Trinajstić information content (AvgIpc) is 3.04. The third kappa shape index (κ3) is 4.01. The van der Waals surface area contributed by atoms with Gasteiger partial charge in [-0.3, -0.25) is 4.79 Å². The van der Waals surface area contributed by atoms with Crippen molar-refractivity contribution in [2.75, 3.05) is 14.2 Å². The Morgan fingerprint density at radius 2 is 2.13 bits per heavy atom. The number of thiazole rings is 1. The lowest BCUT2D eigenvalue weighted by Gasteiger charge is -2.11. The van der Waals surface area contributed by atoms with Crippen LogP contribution >= 0.6 is 11.3 Å². The van der Waals surface area contributed by atoms with Crippen molar-refractivity contribution >= 4 is 17.2 Å². The maximum atomic E-state index is 12.2. The van der Waals surface area contributed by atoms with Crippen molar-refractivity contribution in [2.24, 2.45) is 0 Å². The molecule has 1 aromatic heterocycles. The Labute approximate surface area is 140 Å². The molecule has 1 heterocycles. The van der Waals surface area contributed by atoms with Gasteiger partial charge < -0.3 is 14.8 Å². The third-order valence-electron chi connectivity index (χ3n) is 3.47.